The lowest BCUT2D eigenvalue weighted by Crippen LogP contribution is -2.28. The van der Waals surface area contributed by atoms with Crippen LogP contribution in [0.25, 0.3) is 0 Å². The monoisotopic (exact) mass is 293 g/mol. The molecule has 1 aromatic rings. The summed E-state index contributed by atoms with van der Waals surface area (Å²) in [5.41, 5.74) is 1.72. The van der Waals surface area contributed by atoms with E-state index in [1.54, 1.807) is 23.9 Å². The van der Waals surface area contributed by atoms with Crippen LogP contribution >= 0.6 is 11.8 Å². The molecular weight excluding hydrogens is 274 g/mol. The number of non-ortho nitro benzene ring substituents is 1. The Bertz CT molecular complexity index is 543. The van der Waals surface area contributed by atoms with Gasteiger partial charge in [0, 0.05) is 23.9 Å². The molecule has 1 saturated heterocycles. The molecule has 1 aliphatic rings. The fraction of sp³-hybridized carbons (Fsp3) is 0.500. The van der Waals surface area contributed by atoms with E-state index in [2.05, 4.69) is 24.2 Å². The van der Waals surface area contributed by atoms with Crippen LogP contribution in [-0.4, -0.2) is 21.9 Å². The van der Waals surface area contributed by atoms with Gasteiger partial charge in [0.1, 0.15) is 0 Å². The van der Waals surface area contributed by atoms with Crippen LogP contribution in [0.4, 0.5) is 11.4 Å². The van der Waals surface area contributed by atoms with Crippen molar-refractivity contribution in [2.24, 2.45) is 10.9 Å². The highest BCUT2D eigenvalue weighted by molar-refractivity contribution is 8.14. The van der Waals surface area contributed by atoms with E-state index >= 15 is 0 Å². The molecule has 0 aliphatic carbocycles. The number of aryl methyl sites for hydroxylation is 1. The predicted molar refractivity (Wildman–Crippen MR) is 83.8 cm³/mol. The van der Waals surface area contributed by atoms with Crippen molar-refractivity contribution in [1.29, 1.82) is 0 Å². The van der Waals surface area contributed by atoms with Crippen LogP contribution in [-0.2, 0) is 0 Å². The number of benzene rings is 1. The van der Waals surface area contributed by atoms with Gasteiger partial charge in [0.15, 0.2) is 5.17 Å². The van der Waals surface area contributed by atoms with Crippen LogP contribution in [0.2, 0.25) is 0 Å². The van der Waals surface area contributed by atoms with Crippen LogP contribution in [0.15, 0.2) is 23.2 Å². The molecule has 0 unspecified atom stereocenters. The third kappa shape index (κ3) is 3.72. The van der Waals surface area contributed by atoms with E-state index < -0.39 is 0 Å². The number of nitrogens with one attached hydrogen (secondary N) is 1. The highest BCUT2D eigenvalue weighted by atomic mass is 32.2. The van der Waals surface area contributed by atoms with Crippen LogP contribution < -0.4 is 5.32 Å². The zero-order valence-electron chi connectivity index (χ0n) is 11.9. The van der Waals surface area contributed by atoms with E-state index in [0.29, 0.717) is 12.0 Å². The van der Waals surface area contributed by atoms with Crippen molar-refractivity contribution < 1.29 is 4.92 Å². The lowest BCUT2D eigenvalue weighted by Gasteiger charge is -2.11. The Balaban J connectivity index is 2.10. The summed E-state index contributed by atoms with van der Waals surface area (Å²) in [7, 11) is 0. The van der Waals surface area contributed by atoms with Crippen LogP contribution in [0.5, 0.6) is 0 Å². The highest BCUT2D eigenvalue weighted by Gasteiger charge is 2.21. The summed E-state index contributed by atoms with van der Waals surface area (Å²) in [4.78, 5) is 14.9. The molecule has 6 heteroatoms. The number of rotatable bonds is 4. The molecule has 1 N–H and O–H groups in total. The van der Waals surface area contributed by atoms with Crippen molar-refractivity contribution in [3.05, 3.63) is 33.9 Å². The molecule has 1 atom stereocenters. The Labute approximate surface area is 123 Å². The quantitative estimate of drug-likeness (QED) is 0.679. The lowest BCUT2D eigenvalue weighted by atomic mass is 10.1. The molecule has 5 nitrogen and oxygen atoms in total. The first-order valence-corrected chi connectivity index (χ1v) is 7.67. The number of nitrogens with zero attached hydrogens (tertiary/aromatic N) is 2. The van der Waals surface area contributed by atoms with Crippen LogP contribution in [0.3, 0.4) is 0 Å². The Morgan fingerprint density at radius 1 is 1.55 bits per heavy atom. The van der Waals surface area contributed by atoms with Crippen LogP contribution in [0.1, 0.15) is 25.8 Å². The van der Waals surface area contributed by atoms with Crippen molar-refractivity contribution >= 4 is 28.3 Å². The summed E-state index contributed by atoms with van der Waals surface area (Å²) in [6.45, 7) is 6.27. The maximum atomic E-state index is 10.7. The fourth-order valence-corrected chi connectivity index (χ4v) is 3.18. The maximum Gasteiger partial charge on any atom is 0.269 e. The minimum Gasteiger partial charge on any atom is -0.361 e. The summed E-state index contributed by atoms with van der Waals surface area (Å²) in [5, 5.41) is 15.0. The summed E-state index contributed by atoms with van der Waals surface area (Å²) >= 11 is 1.71. The molecular formula is C14H19N3O2S. The molecule has 108 valence electrons. The molecule has 1 aliphatic heterocycles. The van der Waals surface area contributed by atoms with Gasteiger partial charge in [-0.25, -0.2) is 4.99 Å². The number of hydrogen-bond donors (Lipinski definition) is 1. The maximum absolute atomic E-state index is 10.7. The van der Waals surface area contributed by atoms with Crippen molar-refractivity contribution in [2.45, 2.75) is 33.2 Å². The minimum absolute atomic E-state index is 0.108. The van der Waals surface area contributed by atoms with Gasteiger partial charge in [-0.1, -0.05) is 25.6 Å². The molecule has 0 bridgehead atoms. The van der Waals surface area contributed by atoms with E-state index in [4.69, 9.17) is 0 Å². The third-order valence-corrected chi connectivity index (χ3v) is 4.17. The first-order valence-electron chi connectivity index (χ1n) is 6.68. The zero-order valence-corrected chi connectivity index (χ0v) is 12.7. The van der Waals surface area contributed by atoms with E-state index in [-0.39, 0.29) is 10.6 Å². The van der Waals surface area contributed by atoms with Gasteiger partial charge in [-0.3, -0.25) is 10.1 Å². The van der Waals surface area contributed by atoms with Gasteiger partial charge in [0.05, 0.1) is 10.6 Å². The lowest BCUT2D eigenvalue weighted by molar-refractivity contribution is -0.384. The average Bonchev–Trinajstić information content (AvgIpc) is 2.78. The average molecular weight is 293 g/mol. The number of thioether (sulfide) groups is 1. The minimum atomic E-state index is -0.384. The van der Waals surface area contributed by atoms with Gasteiger partial charge in [-0.2, -0.15) is 0 Å². The Morgan fingerprint density at radius 3 is 2.90 bits per heavy atom. The summed E-state index contributed by atoms with van der Waals surface area (Å²) in [6, 6.07) is 5.23. The normalized spacial score (nSPS) is 20.4. The third-order valence-electron chi connectivity index (χ3n) is 3.12. The molecule has 1 fully saturated rings. The zero-order chi connectivity index (χ0) is 14.7. The van der Waals surface area contributed by atoms with Gasteiger partial charge in [-0.05, 0) is 30.9 Å². The second-order valence-electron chi connectivity index (χ2n) is 5.43. The molecule has 1 heterocycles. The molecule has 20 heavy (non-hydrogen) atoms. The molecule has 0 aromatic heterocycles. The van der Waals surface area contributed by atoms with Gasteiger partial charge >= 0.3 is 0 Å². The number of amidine groups is 1. The summed E-state index contributed by atoms with van der Waals surface area (Å²) in [6.07, 6.45) is 1.13. The topological polar surface area (TPSA) is 67.5 Å². The summed E-state index contributed by atoms with van der Waals surface area (Å²) in [5.74, 6) is 1.69. The second-order valence-corrected chi connectivity index (χ2v) is 6.44. The fourth-order valence-electron chi connectivity index (χ4n) is 2.19. The number of nitro benzene ring substituents is 1. The van der Waals surface area contributed by atoms with Gasteiger partial charge < -0.3 is 5.32 Å². The van der Waals surface area contributed by atoms with Crippen molar-refractivity contribution in [1.82, 2.24) is 5.32 Å². The van der Waals surface area contributed by atoms with E-state index in [1.165, 1.54) is 6.07 Å². The first-order chi connectivity index (χ1) is 9.45. The molecule has 0 amide bonds. The van der Waals surface area contributed by atoms with Crippen molar-refractivity contribution in [3.63, 3.8) is 0 Å². The smallest absolute Gasteiger partial charge is 0.269 e. The van der Waals surface area contributed by atoms with E-state index in [1.807, 2.05) is 6.92 Å². The Kier molecular flexibility index (Phi) is 4.65. The van der Waals surface area contributed by atoms with E-state index in [9.17, 15) is 10.1 Å². The molecule has 1 aromatic carbocycles. The van der Waals surface area contributed by atoms with Crippen molar-refractivity contribution in [2.75, 3.05) is 5.75 Å². The predicted octanol–water partition coefficient (Wildman–Crippen LogP) is 3.64. The van der Waals surface area contributed by atoms with E-state index in [0.717, 1.165) is 28.6 Å². The van der Waals surface area contributed by atoms with Gasteiger partial charge in [0.2, 0.25) is 0 Å². The number of aliphatic imine (C=N–C) groups is 1. The Hall–Kier alpha value is -1.56. The summed E-state index contributed by atoms with van der Waals surface area (Å²) < 4.78 is 0. The van der Waals surface area contributed by atoms with Crippen LogP contribution in [0, 0.1) is 23.0 Å². The van der Waals surface area contributed by atoms with Gasteiger partial charge in [-0.15, -0.1) is 0 Å². The molecule has 2 rings (SSSR count). The first kappa shape index (κ1) is 14.8. The number of nitro groups is 1. The molecule has 0 radical (unpaired) electrons. The van der Waals surface area contributed by atoms with Gasteiger partial charge in [0.25, 0.3) is 5.69 Å². The second kappa shape index (κ2) is 6.26. The van der Waals surface area contributed by atoms with Crippen molar-refractivity contribution in [3.8, 4) is 0 Å². The highest BCUT2D eigenvalue weighted by Crippen LogP contribution is 2.27. The number of hydrogen-bond acceptors (Lipinski definition) is 4. The largest absolute Gasteiger partial charge is 0.361 e. The molecule has 0 spiro atoms. The molecule has 0 saturated carbocycles. The Morgan fingerprint density at radius 2 is 2.30 bits per heavy atom. The standard InChI is InChI=1S/C14H19N3O2S/c1-9(2)6-11-8-20-14(15-11)16-13-5-4-12(17(18)19)7-10(13)3/h4-5,7,9,11H,6,8H2,1-3H3,(H,15,16)/t11-/m0/s1. The SMILES string of the molecule is Cc1cc([N+](=O)[O-])ccc1/N=C1/N[C@@H](CC(C)C)CS1.